The molecule has 1 aromatic rings. The van der Waals surface area contributed by atoms with Gasteiger partial charge >= 0.3 is 0 Å². The van der Waals surface area contributed by atoms with E-state index in [0.717, 1.165) is 16.9 Å². The quantitative estimate of drug-likeness (QED) is 0.777. The fourth-order valence-corrected chi connectivity index (χ4v) is 2.24. The first kappa shape index (κ1) is 13.6. The SMILES string of the molecule is CC[C@@H](O)c1ccc(SC(C)C(C)O)cc1. The number of benzene rings is 1. The fraction of sp³-hybridized carbons (Fsp3) is 0.538. The van der Waals surface area contributed by atoms with E-state index in [-0.39, 0.29) is 17.5 Å². The van der Waals surface area contributed by atoms with E-state index in [2.05, 4.69) is 0 Å². The van der Waals surface area contributed by atoms with Crippen LogP contribution in [0.4, 0.5) is 0 Å². The first-order valence-corrected chi connectivity index (χ1v) is 6.55. The molecule has 0 aliphatic rings. The minimum Gasteiger partial charge on any atom is -0.392 e. The highest BCUT2D eigenvalue weighted by molar-refractivity contribution is 8.00. The third-order valence-corrected chi connectivity index (χ3v) is 3.96. The molecule has 0 aliphatic heterocycles. The number of hydrogen-bond donors (Lipinski definition) is 2. The molecular weight excluding hydrogens is 220 g/mol. The van der Waals surface area contributed by atoms with Gasteiger partial charge in [0.25, 0.3) is 0 Å². The van der Waals surface area contributed by atoms with E-state index in [1.807, 2.05) is 38.1 Å². The Kier molecular flexibility index (Phi) is 5.32. The molecule has 2 unspecified atom stereocenters. The zero-order valence-corrected chi connectivity index (χ0v) is 10.9. The van der Waals surface area contributed by atoms with E-state index in [9.17, 15) is 10.2 Å². The fourth-order valence-electron chi connectivity index (χ4n) is 1.32. The highest BCUT2D eigenvalue weighted by atomic mass is 32.2. The second-order valence-corrected chi connectivity index (χ2v) is 5.51. The molecule has 0 fully saturated rings. The zero-order valence-electron chi connectivity index (χ0n) is 10.1. The summed E-state index contributed by atoms with van der Waals surface area (Å²) in [6.07, 6.45) is 0.0514. The van der Waals surface area contributed by atoms with Gasteiger partial charge in [-0.2, -0.15) is 0 Å². The van der Waals surface area contributed by atoms with E-state index in [1.165, 1.54) is 0 Å². The maximum atomic E-state index is 9.64. The van der Waals surface area contributed by atoms with Gasteiger partial charge in [-0.1, -0.05) is 26.0 Å². The van der Waals surface area contributed by atoms with E-state index in [4.69, 9.17) is 0 Å². The average Bonchev–Trinajstić information content (AvgIpc) is 2.28. The topological polar surface area (TPSA) is 40.5 Å². The molecular formula is C13H20O2S. The summed E-state index contributed by atoms with van der Waals surface area (Å²) in [5.74, 6) is 0. The minimum absolute atomic E-state index is 0.182. The van der Waals surface area contributed by atoms with Gasteiger partial charge in [0.1, 0.15) is 0 Å². The molecule has 0 heterocycles. The van der Waals surface area contributed by atoms with Crippen molar-refractivity contribution in [2.45, 2.75) is 49.5 Å². The van der Waals surface area contributed by atoms with E-state index in [0.29, 0.717) is 0 Å². The minimum atomic E-state index is -0.367. The van der Waals surface area contributed by atoms with Gasteiger partial charge in [-0.3, -0.25) is 0 Å². The molecule has 3 heteroatoms. The first-order valence-electron chi connectivity index (χ1n) is 5.67. The number of thioether (sulfide) groups is 1. The molecule has 0 aromatic heterocycles. The van der Waals surface area contributed by atoms with Crippen LogP contribution in [-0.4, -0.2) is 21.6 Å². The molecule has 0 amide bonds. The summed E-state index contributed by atoms with van der Waals surface area (Å²) in [4.78, 5) is 1.13. The van der Waals surface area contributed by atoms with Crippen LogP contribution in [0.5, 0.6) is 0 Å². The van der Waals surface area contributed by atoms with Gasteiger partial charge in [0.2, 0.25) is 0 Å². The molecule has 2 nitrogen and oxygen atoms in total. The number of aliphatic hydroxyl groups is 2. The zero-order chi connectivity index (χ0) is 12.1. The largest absolute Gasteiger partial charge is 0.392 e. The average molecular weight is 240 g/mol. The monoisotopic (exact) mass is 240 g/mol. The molecule has 3 atom stereocenters. The van der Waals surface area contributed by atoms with Crippen LogP contribution >= 0.6 is 11.8 Å². The maximum Gasteiger partial charge on any atom is 0.0787 e. The standard InChI is InChI=1S/C13H20O2S/c1-4-13(15)11-5-7-12(8-6-11)16-10(3)9(2)14/h5-10,13-15H,4H2,1-3H3/t9?,10?,13-/m1/s1. The molecule has 0 aliphatic carbocycles. The van der Waals surface area contributed by atoms with Gasteiger partial charge in [-0.05, 0) is 31.0 Å². The molecule has 1 aromatic carbocycles. The highest BCUT2D eigenvalue weighted by Gasteiger charge is 2.10. The van der Waals surface area contributed by atoms with Crippen molar-refractivity contribution in [3.63, 3.8) is 0 Å². The molecule has 0 saturated carbocycles. The van der Waals surface area contributed by atoms with Gasteiger partial charge in [0.05, 0.1) is 12.2 Å². The summed E-state index contributed by atoms with van der Waals surface area (Å²) < 4.78 is 0. The van der Waals surface area contributed by atoms with Gasteiger partial charge in [0, 0.05) is 10.1 Å². The summed E-state index contributed by atoms with van der Waals surface area (Å²) in [7, 11) is 0. The summed E-state index contributed by atoms with van der Waals surface area (Å²) in [5.41, 5.74) is 0.955. The third kappa shape index (κ3) is 3.81. The van der Waals surface area contributed by atoms with Gasteiger partial charge in [-0.25, -0.2) is 0 Å². The Balaban J connectivity index is 2.64. The van der Waals surface area contributed by atoms with Crippen molar-refractivity contribution >= 4 is 11.8 Å². The lowest BCUT2D eigenvalue weighted by Crippen LogP contribution is -2.14. The van der Waals surface area contributed by atoms with Gasteiger partial charge < -0.3 is 10.2 Å². The Bertz CT molecular complexity index is 308. The molecule has 2 N–H and O–H groups in total. The van der Waals surface area contributed by atoms with E-state index < -0.39 is 0 Å². The predicted molar refractivity (Wildman–Crippen MR) is 68.7 cm³/mol. The lowest BCUT2D eigenvalue weighted by Gasteiger charge is -2.14. The van der Waals surface area contributed by atoms with Crippen molar-refractivity contribution in [1.82, 2.24) is 0 Å². The highest BCUT2D eigenvalue weighted by Crippen LogP contribution is 2.27. The van der Waals surface area contributed by atoms with Gasteiger partial charge in [0.15, 0.2) is 0 Å². The summed E-state index contributed by atoms with van der Waals surface area (Å²) in [6.45, 7) is 5.76. The van der Waals surface area contributed by atoms with E-state index in [1.54, 1.807) is 18.7 Å². The molecule has 1 rings (SSSR count). The molecule has 90 valence electrons. The van der Waals surface area contributed by atoms with Crippen LogP contribution in [0, 0.1) is 0 Å². The normalized spacial score (nSPS) is 16.8. The van der Waals surface area contributed by atoms with E-state index >= 15 is 0 Å². The Morgan fingerprint density at radius 1 is 1.12 bits per heavy atom. The summed E-state index contributed by atoms with van der Waals surface area (Å²) >= 11 is 1.65. The summed E-state index contributed by atoms with van der Waals surface area (Å²) in [5, 5.41) is 19.2. The summed E-state index contributed by atoms with van der Waals surface area (Å²) in [6, 6.07) is 7.89. The first-order chi connectivity index (χ1) is 7.54. The molecule has 0 bridgehead atoms. The van der Waals surface area contributed by atoms with Crippen LogP contribution in [-0.2, 0) is 0 Å². The smallest absolute Gasteiger partial charge is 0.0787 e. The van der Waals surface area contributed by atoms with Crippen LogP contribution in [0.3, 0.4) is 0 Å². The van der Waals surface area contributed by atoms with Crippen LogP contribution in [0.15, 0.2) is 29.2 Å². The van der Waals surface area contributed by atoms with Crippen molar-refractivity contribution in [3.8, 4) is 0 Å². The maximum absolute atomic E-state index is 9.64. The Hall–Kier alpha value is -0.510. The number of rotatable bonds is 5. The molecule has 16 heavy (non-hydrogen) atoms. The molecule has 0 saturated heterocycles. The lowest BCUT2D eigenvalue weighted by molar-refractivity contribution is 0.173. The third-order valence-electron chi connectivity index (χ3n) is 2.65. The lowest BCUT2D eigenvalue weighted by atomic mass is 10.1. The number of aliphatic hydroxyl groups excluding tert-OH is 2. The van der Waals surface area contributed by atoms with Gasteiger partial charge in [-0.15, -0.1) is 11.8 Å². The van der Waals surface area contributed by atoms with Crippen molar-refractivity contribution in [3.05, 3.63) is 29.8 Å². The Morgan fingerprint density at radius 3 is 2.12 bits per heavy atom. The predicted octanol–water partition coefficient (Wildman–Crippen LogP) is 2.99. The van der Waals surface area contributed by atoms with Crippen molar-refractivity contribution in [2.24, 2.45) is 0 Å². The van der Waals surface area contributed by atoms with Crippen molar-refractivity contribution < 1.29 is 10.2 Å². The molecule has 0 radical (unpaired) electrons. The molecule has 0 spiro atoms. The van der Waals surface area contributed by atoms with Crippen LogP contribution < -0.4 is 0 Å². The van der Waals surface area contributed by atoms with Crippen LogP contribution in [0.25, 0.3) is 0 Å². The Labute approximate surface area is 102 Å². The van der Waals surface area contributed by atoms with Crippen molar-refractivity contribution in [1.29, 1.82) is 0 Å². The Morgan fingerprint density at radius 2 is 1.69 bits per heavy atom. The number of hydrogen-bond acceptors (Lipinski definition) is 3. The van der Waals surface area contributed by atoms with Crippen LogP contribution in [0.1, 0.15) is 38.9 Å². The van der Waals surface area contributed by atoms with Crippen LogP contribution in [0.2, 0.25) is 0 Å². The second-order valence-electron chi connectivity index (χ2n) is 4.06. The second kappa shape index (κ2) is 6.28. The van der Waals surface area contributed by atoms with Crippen molar-refractivity contribution in [2.75, 3.05) is 0 Å².